The van der Waals surface area contributed by atoms with E-state index in [0.29, 0.717) is 17.1 Å². The summed E-state index contributed by atoms with van der Waals surface area (Å²) < 4.78 is 5.49. The van der Waals surface area contributed by atoms with E-state index in [4.69, 9.17) is 4.74 Å². The van der Waals surface area contributed by atoms with Crippen LogP contribution in [0.15, 0.2) is 90.0 Å². The number of carbonyl (C=O) groups is 2. The lowest BCUT2D eigenvalue weighted by Crippen LogP contribution is -2.26. The van der Waals surface area contributed by atoms with E-state index < -0.39 is 5.91 Å². The number of benzene rings is 3. The second-order valence-corrected chi connectivity index (χ2v) is 6.65. The molecule has 2 amide bonds. The maximum Gasteiger partial charge on any atom is 0.277 e. The van der Waals surface area contributed by atoms with Crippen molar-refractivity contribution in [3.8, 4) is 16.9 Å². The smallest absolute Gasteiger partial charge is 0.277 e. The lowest BCUT2D eigenvalue weighted by atomic mass is 10.1. The summed E-state index contributed by atoms with van der Waals surface area (Å²) in [5.74, 6) is -0.0100. The number of nitrogens with one attached hydrogen (secondary N) is 2. The largest absolute Gasteiger partial charge is 0.484 e. The highest BCUT2D eigenvalue weighted by molar-refractivity contribution is 6.05. The van der Waals surface area contributed by atoms with E-state index in [-0.39, 0.29) is 18.9 Å². The van der Waals surface area contributed by atoms with Crippen molar-refractivity contribution < 1.29 is 14.3 Å². The standard InChI is InChI=1S/C24H23N3O3/c1-18(16-23(28)25-21-10-6-3-7-11-21)26-27-24(29)17-30-22-14-12-20(13-15-22)19-8-4-2-5-9-19/h2-15H,16-17H2,1H3,(H,25,28)(H,27,29)/b26-18-. The molecular formula is C24H23N3O3. The first kappa shape index (κ1) is 20.8. The first-order valence-corrected chi connectivity index (χ1v) is 9.55. The van der Waals surface area contributed by atoms with E-state index in [1.165, 1.54) is 0 Å². The van der Waals surface area contributed by atoms with Crippen LogP contribution < -0.4 is 15.5 Å². The maximum absolute atomic E-state index is 12.0. The Kier molecular flexibility index (Phi) is 7.33. The molecule has 6 nitrogen and oxygen atoms in total. The molecule has 0 radical (unpaired) electrons. The minimum Gasteiger partial charge on any atom is -0.484 e. The lowest BCUT2D eigenvalue weighted by Gasteiger charge is -2.07. The number of ether oxygens (including phenoxy) is 1. The molecule has 0 spiro atoms. The van der Waals surface area contributed by atoms with Gasteiger partial charge in [-0.15, -0.1) is 0 Å². The highest BCUT2D eigenvalue weighted by Gasteiger charge is 2.06. The van der Waals surface area contributed by atoms with Crippen LogP contribution >= 0.6 is 0 Å². The van der Waals surface area contributed by atoms with E-state index >= 15 is 0 Å². The fraction of sp³-hybridized carbons (Fsp3) is 0.125. The average Bonchev–Trinajstić information content (AvgIpc) is 2.78. The van der Waals surface area contributed by atoms with Crippen LogP contribution in [0.5, 0.6) is 5.75 Å². The van der Waals surface area contributed by atoms with Gasteiger partial charge in [0.2, 0.25) is 5.91 Å². The number of para-hydroxylation sites is 1. The number of hydrogen-bond donors (Lipinski definition) is 2. The van der Waals surface area contributed by atoms with Gasteiger partial charge in [0.05, 0.1) is 6.42 Å². The Morgan fingerprint density at radius 3 is 2.07 bits per heavy atom. The van der Waals surface area contributed by atoms with Crippen molar-refractivity contribution in [1.29, 1.82) is 0 Å². The first-order chi connectivity index (χ1) is 14.6. The van der Waals surface area contributed by atoms with E-state index in [9.17, 15) is 9.59 Å². The maximum atomic E-state index is 12.0. The van der Waals surface area contributed by atoms with Crippen molar-refractivity contribution in [2.75, 3.05) is 11.9 Å². The van der Waals surface area contributed by atoms with Crippen molar-refractivity contribution in [3.63, 3.8) is 0 Å². The Labute approximate surface area is 175 Å². The van der Waals surface area contributed by atoms with Crippen LogP contribution in [0.3, 0.4) is 0 Å². The number of hydrazone groups is 1. The van der Waals surface area contributed by atoms with Crippen molar-refractivity contribution in [3.05, 3.63) is 84.9 Å². The molecule has 0 fully saturated rings. The minimum atomic E-state index is -0.398. The SMILES string of the molecule is C/C(CC(=O)Nc1ccccc1)=N/NC(=O)COc1ccc(-c2ccccc2)cc1. The number of nitrogens with zero attached hydrogens (tertiary/aromatic N) is 1. The fourth-order valence-electron chi connectivity index (χ4n) is 2.71. The van der Waals surface area contributed by atoms with Crippen molar-refractivity contribution >= 4 is 23.2 Å². The zero-order valence-corrected chi connectivity index (χ0v) is 16.7. The summed E-state index contributed by atoms with van der Waals surface area (Å²) in [7, 11) is 0. The second-order valence-electron chi connectivity index (χ2n) is 6.65. The molecule has 0 saturated heterocycles. The van der Waals surface area contributed by atoms with E-state index in [1.54, 1.807) is 19.1 Å². The molecule has 3 aromatic rings. The number of amides is 2. The zero-order chi connectivity index (χ0) is 21.2. The molecule has 6 heteroatoms. The molecule has 0 aliphatic heterocycles. The van der Waals surface area contributed by atoms with Gasteiger partial charge in [0, 0.05) is 11.4 Å². The molecule has 0 unspecified atom stereocenters. The predicted molar refractivity (Wildman–Crippen MR) is 118 cm³/mol. The van der Waals surface area contributed by atoms with Crippen molar-refractivity contribution in [1.82, 2.24) is 5.43 Å². The zero-order valence-electron chi connectivity index (χ0n) is 16.7. The molecule has 30 heavy (non-hydrogen) atoms. The summed E-state index contributed by atoms with van der Waals surface area (Å²) in [4.78, 5) is 23.9. The van der Waals surface area contributed by atoms with Crippen LogP contribution in [-0.4, -0.2) is 24.1 Å². The molecule has 2 N–H and O–H groups in total. The Bertz CT molecular complexity index is 1000. The van der Waals surface area contributed by atoms with Gasteiger partial charge in [0.1, 0.15) is 5.75 Å². The Hall–Kier alpha value is -3.93. The molecule has 0 heterocycles. The quantitative estimate of drug-likeness (QED) is 0.437. The number of rotatable bonds is 8. The van der Waals surface area contributed by atoms with Crippen LogP contribution in [0.1, 0.15) is 13.3 Å². The van der Waals surface area contributed by atoms with Gasteiger partial charge in [-0.1, -0.05) is 60.7 Å². The number of anilines is 1. The highest BCUT2D eigenvalue weighted by Crippen LogP contribution is 2.21. The summed E-state index contributed by atoms with van der Waals surface area (Å²) in [6, 6.07) is 26.7. The molecule has 3 aromatic carbocycles. The molecule has 3 rings (SSSR count). The Balaban J connectivity index is 1.42. The molecule has 0 bridgehead atoms. The summed E-state index contributed by atoms with van der Waals surface area (Å²) in [5.41, 5.74) is 5.79. The second kappa shape index (κ2) is 10.6. The molecule has 0 saturated carbocycles. The van der Waals surface area contributed by atoms with Gasteiger partial charge in [-0.25, -0.2) is 5.43 Å². The molecule has 152 valence electrons. The fourth-order valence-corrected chi connectivity index (χ4v) is 2.71. The highest BCUT2D eigenvalue weighted by atomic mass is 16.5. The predicted octanol–water partition coefficient (Wildman–Crippen LogP) is 4.25. The van der Waals surface area contributed by atoms with Crippen LogP contribution in [0.2, 0.25) is 0 Å². The average molecular weight is 401 g/mol. The molecule has 0 aliphatic carbocycles. The third-order valence-electron chi connectivity index (χ3n) is 4.18. The van der Waals surface area contributed by atoms with Crippen LogP contribution in [0, 0.1) is 0 Å². The third-order valence-corrected chi connectivity index (χ3v) is 4.18. The first-order valence-electron chi connectivity index (χ1n) is 9.55. The molecular weight excluding hydrogens is 378 g/mol. The Morgan fingerprint density at radius 1 is 0.800 bits per heavy atom. The van der Waals surface area contributed by atoms with Gasteiger partial charge in [0.25, 0.3) is 5.91 Å². The van der Waals surface area contributed by atoms with Gasteiger partial charge in [-0.05, 0) is 42.3 Å². The van der Waals surface area contributed by atoms with Gasteiger partial charge in [-0.3, -0.25) is 9.59 Å². The summed E-state index contributed by atoms with van der Waals surface area (Å²) in [6.07, 6.45) is 0.0803. The Morgan fingerprint density at radius 2 is 1.40 bits per heavy atom. The molecule has 0 aromatic heterocycles. The van der Waals surface area contributed by atoms with Gasteiger partial charge >= 0.3 is 0 Å². The minimum absolute atomic E-state index is 0.0803. The normalized spacial score (nSPS) is 10.9. The topological polar surface area (TPSA) is 79.8 Å². The lowest BCUT2D eigenvalue weighted by molar-refractivity contribution is -0.123. The molecule has 0 atom stereocenters. The van der Waals surface area contributed by atoms with Gasteiger partial charge < -0.3 is 10.1 Å². The number of carbonyl (C=O) groups excluding carboxylic acids is 2. The summed E-state index contributed by atoms with van der Waals surface area (Å²) in [6.45, 7) is 1.51. The van der Waals surface area contributed by atoms with Crippen LogP contribution in [0.4, 0.5) is 5.69 Å². The summed E-state index contributed by atoms with van der Waals surface area (Å²) in [5, 5.41) is 6.71. The van der Waals surface area contributed by atoms with E-state index in [0.717, 1.165) is 11.1 Å². The van der Waals surface area contributed by atoms with Crippen LogP contribution in [0.25, 0.3) is 11.1 Å². The molecule has 0 aliphatic rings. The summed E-state index contributed by atoms with van der Waals surface area (Å²) >= 11 is 0. The van der Waals surface area contributed by atoms with Crippen molar-refractivity contribution in [2.24, 2.45) is 5.10 Å². The van der Waals surface area contributed by atoms with Crippen LogP contribution in [-0.2, 0) is 9.59 Å². The monoisotopic (exact) mass is 401 g/mol. The van der Waals surface area contributed by atoms with Gasteiger partial charge in [0.15, 0.2) is 6.61 Å². The third kappa shape index (κ3) is 6.60. The van der Waals surface area contributed by atoms with E-state index in [2.05, 4.69) is 15.8 Å². The van der Waals surface area contributed by atoms with E-state index in [1.807, 2.05) is 72.8 Å². The van der Waals surface area contributed by atoms with Crippen molar-refractivity contribution in [2.45, 2.75) is 13.3 Å². The van der Waals surface area contributed by atoms with Gasteiger partial charge in [-0.2, -0.15) is 5.10 Å². The number of hydrogen-bond acceptors (Lipinski definition) is 4.